The van der Waals surface area contributed by atoms with Crippen LogP contribution in [0.15, 0.2) is 29.6 Å². The van der Waals surface area contributed by atoms with Crippen molar-refractivity contribution in [3.63, 3.8) is 0 Å². The van der Waals surface area contributed by atoms with Crippen molar-refractivity contribution in [1.82, 2.24) is 5.32 Å². The van der Waals surface area contributed by atoms with Gasteiger partial charge in [-0.2, -0.15) is 0 Å². The monoisotopic (exact) mass is 307 g/mol. The summed E-state index contributed by atoms with van der Waals surface area (Å²) in [4.78, 5) is 1.20. The van der Waals surface area contributed by atoms with Crippen LogP contribution >= 0.6 is 11.3 Å². The number of methoxy groups -OCH3 is 1. The average molecular weight is 307 g/mol. The van der Waals surface area contributed by atoms with Crippen LogP contribution in [-0.4, -0.2) is 13.7 Å². The molecule has 21 heavy (non-hydrogen) atoms. The van der Waals surface area contributed by atoms with Crippen LogP contribution in [0.5, 0.6) is 5.75 Å². The molecule has 1 atom stereocenters. The predicted molar refractivity (Wildman–Crippen MR) is 86.7 cm³/mol. The van der Waals surface area contributed by atoms with E-state index in [1.165, 1.54) is 16.5 Å². The Hall–Kier alpha value is -1.39. The molecule has 2 aromatic rings. The highest BCUT2D eigenvalue weighted by Gasteiger charge is 2.18. The Balaban J connectivity index is 2.24. The summed E-state index contributed by atoms with van der Waals surface area (Å²) in [6, 6.07) is 7.20. The summed E-state index contributed by atoms with van der Waals surface area (Å²) in [6.45, 7) is 5.06. The number of halogens is 1. The summed E-state index contributed by atoms with van der Waals surface area (Å²) < 4.78 is 18.7. The lowest BCUT2D eigenvalue weighted by Gasteiger charge is -2.20. The molecule has 0 aliphatic rings. The Kier molecular flexibility index (Phi) is 5.76. The third-order valence-corrected chi connectivity index (χ3v) is 4.57. The summed E-state index contributed by atoms with van der Waals surface area (Å²) in [5, 5.41) is 5.62. The predicted octanol–water partition coefficient (Wildman–Crippen LogP) is 4.49. The van der Waals surface area contributed by atoms with Gasteiger partial charge >= 0.3 is 0 Å². The van der Waals surface area contributed by atoms with Gasteiger partial charge in [-0.15, -0.1) is 11.3 Å². The van der Waals surface area contributed by atoms with E-state index in [0.717, 1.165) is 30.7 Å². The fourth-order valence-electron chi connectivity index (χ4n) is 2.42. The van der Waals surface area contributed by atoms with Gasteiger partial charge in [0.1, 0.15) is 11.6 Å². The second-order valence-corrected chi connectivity index (χ2v) is 6.08. The molecular weight excluding hydrogens is 285 g/mol. The molecule has 4 heteroatoms. The summed E-state index contributed by atoms with van der Waals surface area (Å²) in [7, 11) is 1.70. The van der Waals surface area contributed by atoms with Gasteiger partial charge in [0.25, 0.3) is 0 Å². The van der Waals surface area contributed by atoms with Gasteiger partial charge in [0, 0.05) is 6.04 Å². The smallest absolute Gasteiger partial charge is 0.134 e. The number of thiophene rings is 1. The van der Waals surface area contributed by atoms with E-state index in [9.17, 15) is 4.39 Å². The second-order valence-electron chi connectivity index (χ2n) is 5.13. The van der Waals surface area contributed by atoms with E-state index < -0.39 is 0 Å². The summed E-state index contributed by atoms with van der Waals surface area (Å²) in [5.74, 6) is 0.747. The fraction of sp³-hybridized carbons (Fsp3) is 0.412. The molecule has 1 unspecified atom stereocenters. The molecule has 0 fully saturated rings. The van der Waals surface area contributed by atoms with Crippen molar-refractivity contribution in [2.45, 2.75) is 32.7 Å². The van der Waals surface area contributed by atoms with Gasteiger partial charge in [-0.05, 0) is 61.0 Å². The Morgan fingerprint density at radius 3 is 2.81 bits per heavy atom. The van der Waals surface area contributed by atoms with Crippen LogP contribution < -0.4 is 10.1 Å². The fourth-order valence-corrected chi connectivity index (χ4v) is 3.35. The molecular formula is C17H22FNOS. The van der Waals surface area contributed by atoms with Crippen LogP contribution in [0.2, 0.25) is 0 Å². The maximum atomic E-state index is 13.2. The van der Waals surface area contributed by atoms with Gasteiger partial charge in [0.2, 0.25) is 0 Å². The quantitative estimate of drug-likeness (QED) is 0.814. The largest absolute Gasteiger partial charge is 0.496 e. The molecule has 0 spiro atoms. The first-order valence-corrected chi connectivity index (χ1v) is 8.13. The van der Waals surface area contributed by atoms with Crippen LogP contribution in [0.4, 0.5) is 4.39 Å². The van der Waals surface area contributed by atoms with E-state index in [0.29, 0.717) is 0 Å². The Morgan fingerprint density at radius 1 is 1.33 bits per heavy atom. The van der Waals surface area contributed by atoms with Crippen LogP contribution in [-0.2, 0) is 6.42 Å². The highest BCUT2D eigenvalue weighted by atomic mass is 32.1. The molecule has 1 aromatic heterocycles. The summed E-state index contributed by atoms with van der Waals surface area (Å²) >= 11 is 1.70. The van der Waals surface area contributed by atoms with Crippen molar-refractivity contribution in [3.05, 3.63) is 51.5 Å². The van der Waals surface area contributed by atoms with Crippen LogP contribution in [0, 0.1) is 12.7 Å². The molecule has 0 saturated heterocycles. The van der Waals surface area contributed by atoms with Crippen molar-refractivity contribution in [1.29, 1.82) is 0 Å². The molecule has 0 bridgehead atoms. The van der Waals surface area contributed by atoms with Gasteiger partial charge in [0.15, 0.2) is 0 Å². The minimum Gasteiger partial charge on any atom is -0.496 e. The molecule has 1 heterocycles. The molecule has 0 radical (unpaired) electrons. The van der Waals surface area contributed by atoms with Crippen LogP contribution in [0.1, 0.15) is 35.4 Å². The number of nitrogens with one attached hydrogen (secondary N) is 1. The third-order valence-electron chi connectivity index (χ3n) is 3.56. The molecule has 2 rings (SSSR count). The van der Waals surface area contributed by atoms with Gasteiger partial charge in [-0.3, -0.25) is 0 Å². The number of rotatable bonds is 7. The zero-order valence-corrected chi connectivity index (χ0v) is 13.6. The first-order valence-electron chi connectivity index (χ1n) is 7.25. The number of aryl methyl sites for hydroxylation is 1. The SMILES string of the molecule is CCCNC(Cc1ccc(F)cc1C)c1sccc1OC. The lowest BCUT2D eigenvalue weighted by atomic mass is 9.99. The normalized spacial score (nSPS) is 12.4. The topological polar surface area (TPSA) is 21.3 Å². The molecule has 0 amide bonds. The number of benzene rings is 1. The summed E-state index contributed by atoms with van der Waals surface area (Å²) in [6.07, 6.45) is 1.91. The van der Waals surface area contributed by atoms with Crippen molar-refractivity contribution >= 4 is 11.3 Å². The van der Waals surface area contributed by atoms with Gasteiger partial charge in [-0.25, -0.2) is 4.39 Å². The van der Waals surface area contributed by atoms with Gasteiger partial charge in [0.05, 0.1) is 12.0 Å². The molecule has 1 aromatic carbocycles. The van der Waals surface area contributed by atoms with Crippen molar-refractivity contribution in [2.75, 3.05) is 13.7 Å². The minimum atomic E-state index is -0.178. The highest BCUT2D eigenvalue weighted by molar-refractivity contribution is 7.10. The van der Waals surface area contributed by atoms with Crippen LogP contribution in [0.3, 0.4) is 0 Å². The van der Waals surface area contributed by atoms with Gasteiger partial charge < -0.3 is 10.1 Å². The van der Waals surface area contributed by atoms with Crippen LogP contribution in [0.25, 0.3) is 0 Å². The number of hydrogen-bond donors (Lipinski definition) is 1. The zero-order valence-electron chi connectivity index (χ0n) is 12.8. The van der Waals surface area contributed by atoms with E-state index in [-0.39, 0.29) is 11.9 Å². The standard InChI is InChI=1S/C17H22FNOS/c1-4-8-19-15(17-16(20-3)7-9-21-17)11-13-5-6-14(18)10-12(13)2/h5-7,9-10,15,19H,4,8,11H2,1-3H3. The molecule has 0 saturated carbocycles. The van der Waals surface area contributed by atoms with E-state index in [1.807, 2.05) is 24.4 Å². The summed E-state index contributed by atoms with van der Waals surface area (Å²) in [5.41, 5.74) is 2.16. The molecule has 114 valence electrons. The van der Waals surface area contributed by atoms with Crippen molar-refractivity contribution < 1.29 is 9.13 Å². The Morgan fingerprint density at radius 2 is 2.14 bits per heavy atom. The third kappa shape index (κ3) is 4.05. The average Bonchev–Trinajstić information content (AvgIpc) is 2.94. The minimum absolute atomic E-state index is 0.178. The number of hydrogen-bond acceptors (Lipinski definition) is 3. The van der Waals surface area contributed by atoms with Gasteiger partial charge in [-0.1, -0.05) is 13.0 Å². The maximum Gasteiger partial charge on any atom is 0.134 e. The molecule has 2 nitrogen and oxygen atoms in total. The van der Waals surface area contributed by atoms with E-state index >= 15 is 0 Å². The second kappa shape index (κ2) is 7.57. The Bertz CT molecular complexity index is 582. The van der Waals surface area contributed by atoms with E-state index in [1.54, 1.807) is 24.5 Å². The first-order chi connectivity index (χ1) is 10.2. The molecule has 0 aliphatic carbocycles. The molecule has 0 aliphatic heterocycles. The van der Waals surface area contributed by atoms with Crippen molar-refractivity contribution in [2.24, 2.45) is 0 Å². The molecule has 1 N–H and O–H groups in total. The maximum absolute atomic E-state index is 13.2. The van der Waals surface area contributed by atoms with Crippen molar-refractivity contribution in [3.8, 4) is 5.75 Å². The highest BCUT2D eigenvalue weighted by Crippen LogP contribution is 2.33. The lowest BCUT2D eigenvalue weighted by Crippen LogP contribution is -2.24. The van der Waals surface area contributed by atoms with E-state index in [2.05, 4.69) is 12.2 Å². The van der Waals surface area contributed by atoms with E-state index in [4.69, 9.17) is 4.74 Å². The number of ether oxygens (including phenoxy) is 1. The zero-order chi connectivity index (χ0) is 15.2. The Labute approximate surface area is 130 Å². The first kappa shape index (κ1) is 16.0. The lowest BCUT2D eigenvalue weighted by molar-refractivity contribution is 0.402.